The quantitative estimate of drug-likeness (QED) is 0.511. The largest absolute Gasteiger partial charge is 0.381 e. The van der Waals surface area contributed by atoms with Crippen LogP contribution in [0.15, 0.2) is 30.5 Å². The summed E-state index contributed by atoms with van der Waals surface area (Å²) < 4.78 is 7.39. The number of carbonyl (C=O) groups is 2. The minimum atomic E-state index is -0.209. The van der Waals surface area contributed by atoms with Gasteiger partial charge in [0.2, 0.25) is 0 Å². The number of pyridine rings is 1. The van der Waals surface area contributed by atoms with Crippen molar-refractivity contribution >= 4 is 28.5 Å². The highest BCUT2D eigenvalue weighted by molar-refractivity contribution is 5.98. The molecule has 9 nitrogen and oxygen atoms in total. The third kappa shape index (κ3) is 4.83. The topological polar surface area (TPSA) is 110 Å². The van der Waals surface area contributed by atoms with E-state index in [9.17, 15) is 9.59 Å². The number of hydrogen-bond donors (Lipinski definition) is 3. The Morgan fingerprint density at radius 1 is 1.12 bits per heavy atom. The molecule has 2 amide bonds. The fraction of sp³-hybridized carbons (Fsp3) is 0.417. The van der Waals surface area contributed by atoms with Crippen LogP contribution in [0.2, 0.25) is 0 Å². The Bertz CT molecular complexity index is 1150. The minimum Gasteiger partial charge on any atom is -0.381 e. The summed E-state index contributed by atoms with van der Waals surface area (Å²) in [6.45, 7) is 6.52. The fourth-order valence-electron chi connectivity index (χ4n) is 4.09. The lowest BCUT2D eigenvalue weighted by Crippen LogP contribution is -2.30. The maximum Gasteiger partial charge on any atom is 0.251 e. The first-order valence-corrected chi connectivity index (χ1v) is 11.3. The zero-order valence-corrected chi connectivity index (χ0v) is 19.3. The first-order chi connectivity index (χ1) is 16.0. The van der Waals surface area contributed by atoms with Gasteiger partial charge in [-0.3, -0.25) is 9.59 Å². The van der Waals surface area contributed by atoms with Gasteiger partial charge < -0.3 is 20.7 Å². The van der Waals surface area contributed by atoms with E-state index in [0.29, 0.717) is 23.7 Å². The Hall–Kier alpha value is -3.46. The van der Waals surface area contributed by atoms with E-state index in [0.717, 1.165) is 60.6 Å². The lowest BCUT2D eigenvalue weighted by Gasteiger charge is -2.26. The molecule has 0 bridgehead atoms. The van der Waals surface area contributed by atoms with E-state index in [4.69, 9.17) is 9.72 Å². The first-order valence-electron chi connectivity index (χ1n) is 11.3. The second-order valence-electron chi connectivity index (χ2n) is 8.12. The van der Waals surface area contributed by atoms with Gasteiger partial charge >= 0.3 is 0 Å². The molecule has 0 unspecified atom stereocenters. The number of ether oxygens (including phenoxy) is 1. The van der Waals surface area contributed by atoms with Crippen LogP contribution in [-0.4, -0.2) is 52.9 Å². The second-order valence-corrected chi connectivity index (χ2v) is 8.12. The molecule has 3 aromatic rings. The summed E-state index contributed by atoms with van der Waals surface area (Å²) >= 11 is 0. The van der Waals surface area contributed by atoms with Crippen LogP contribution in [0.1, 0.15) is 51.7 Å². The molecule has 1 aromatic carbocycles. The predicted molar refractivity (Wildman–Crippen MR) is 126 cm³/mol. The summed E-state index contributed by atoms with van der Waals surface area (Å²) in [5.41, 5.74) is 4.61. The normalized spacial score (nSPS) is 14.3. The van der Waals surface area contributed by atoms with Crippen LogP contribution < -0.4 is 16.0 Å². The van der Waals surface area contributed by atoms with Crippen molar-refractivity contribution in [3.05, 3.63) is 52.8 Å². The highest BCUT2D eigenvalue weighted by Crippen LogP contribution is 2.30. The van der Waals surface area contributed by atoms with Crippen LogP contribution in [0, 0.1) is 6.92 Å². The van der Waals surface area contributed by atoms with E-state index in [-0.39, 0.29) is 11.8 Å². The van der Waals surface area contributed by atoms with Crippen molar-refractivity contribution in [3.8, 4) is 0 Å². The Morgan fingerprint density at radius 3 is 2.42 bits per heavy atom. The Morgan fingerprint density at radius 2 is 1.79 bits per heavy atom. The molecule has 174 valence electrons. The Kier molecular flexibility index (Phi) is 6.88. The molecule has 0 atom stereocenters. The summed E-state index contributed by atoms with van der Waals surface area (Å²) in [5, 5.41) is 14.7. The molecule has 0 saturated carbocycles. The summed E-state index contributed by atoms with van der Waals surface area (Å²) in [4.78, 5) is 29.3. The molecule has 1 fully saturated rings. The van der Waals surface area contributed by atoms with Crippen molar-refractivity contribution in [1.82, 2.24) is 25.4 Å². The number of anilines is 1. The number of nitrogens with one attached hydrogen (secondary N) is 3. The third-order valence-electron chi connectivity index (χ3n) is 6.02. The van der Waals surface area contributed by atoms with Gasteiger partial charge in [-0.25, -0.2) is 9.67 Å². The number of aryl methyl sites for hydroxylation is 2. The van der Waals surface area contributed by atoms with Gasteiger partial charge in [0, 0.05) is 61.8 Å². The summed E-state index contributed by atoms with van der Waals surface area (Å²) in [7, 11) is 1.58. The van der Waals surface area contributed by atoms with E-state index >= 15 is 0 Å². The summed E-state index contributed by atoms with van der Waals surface area (Å²) in [5.74, 6) is -0.396. The average Bonchev–Trinajstić information content (AvgIpc) is 3.26. The third-order valence-corrected chi connectivity index (χ3v) is 6.02. The summed E-state index contributed by atoms with van der Waals surface area (Å²) in [6.07, 6.45) is 3.69. The number of aromatic nitrogens is 3. The lowest BCUT2D eigenvalue weighted by atomic mass is 10.0. The predicted octanol–water partition coefficient (Wildman–Crippen LogP) is 2.64. The Balaban J connectivity index is 1.59. The molecule has 3 N–H and O–H groups in total. The maximum absolute atomic E-state index is 12.8. The van der Waals surface area contributed by atoms with Crippen LogP contribution >= 0.6 is 0 Å². The van der Waals surface area contributed by atoms with Gasteiger partial charge in [-0.15, -0.1) is 0 Å². The van der Waals surface area contributed by atoms with Gasteiger partial charge in [-0.2, -0.15) is 5.10 Å². The maximum atomic E-state index is 12.8. The molecule has 1 saturated heterocycles. The van der Waals surface area contributed by atoms with Crippen molar-refractivity contribution in [3.63, 3.8) is 0 Å². The van der Waals surface area contributed by atoms with E-state index in [2.05, 4.69) is 21.0 Å². The van der Waals surface area contributed by atoms with E-state index < -0.39 is 0 Å². The highest BCUT2D eigenvalue weighted by Gasteiger charge is 2.21. The van der Waals surface area contributed by atoms with Crippen LogP contribution in [0.5, 0.6) is 0 Å². The van der Waals surface area contributed by atoms with Crippen molar-refractivity contribution in [2.24, 2.45) is 0 Å². The number of amides is 2. The van der Waals surface area contributed by atoms with E-state index in [1.54, 1.807) is 31.3 Å². The van der Waals surface area contributed by atoms with Crippen LogP contribution in [-0.2, 0) is 17.8 Å². The van der Waals surface area contributed by atoms with Crippen molar-refractivity contribution in [1.29, 1.82) is 0 Å². The van der Waals surface area contributed by atoms with Gasteiger partial charge in [0.05, 0.1) is 17.3 Å². The van der Waals surface area contributed by atoms with Crippen molar-refractivity contribution < 1.29 is 14.3 Å². The van der Waals surface area contributed by atoms with E-state index in [1.807, 2.05) is 24.7 Å². The van der Waals surface area contributed by atoms with Gasteiger partial charge in [-0.1, -0.05) is 0 Å². The number of fused-ring (bicyclic) bond motifs is 1. The standard InChI is InChI=1S/C24H30N6O3/c1-4-30-22-20(14-27-30)21(29-18-9-11-33-12-10-18)19(15(2)28-22)13-26-24(32)17-7-5-16(6-8-17)23(31)25-3/h5-8,14,18H,4,9-13H2,1-3H3,(H,25,31)(H,26,32)(H,28,29). The second kappa shape index (κ2) is 9.99. The molecule has 0 radical (unpaired) electrons. The lowest BCUT2D eigenvalue weighted by molar-refractivity contribution is 0.0904. The number of carbonyl (C=O) groups excluding carboxylic acids is 2. The molecular weight excluding hydrogens is 420 g/mol. The summed E-state index contributed by atoms with van der Waals surface area (Å²) in [6, 6.07) is 6.88. The van der Waals surface area contributed by atoms with Crippen LogP contribution in [0.3, 0.4) is 0 Å². The average molecular weight is 451 g/mol. The molecule has 1 aliphatic heterocycles. The number of nitrogens with zero attached hydrogens (tertiary/aromatic N) is 3. The first kappa shape index (κ1) is 22.7. The molecule has 33 heavy (non-hydrogen) atoms. The van der Waals surface area contributed by atoms with Crippen molar-refractivity contribution in [2.75, 3.05) is 25.6 Å². The SMILES string of the molecule is CCn1ncc2c(NC3CCOCC3)c(CNC(=O)c3ccc(C(=O)NC)cc3)c(C)nc21. The zero-order valence-electron chi connectivity index (χ0n) is 19.3. The van der Waals surface area contributed by atoms with Gasteiger partial charge in [0.25, 0.3) is 11.8 Å². The molecule has 9 heteroatoms. The molecule has 3 heterocycles. The molecule has 1 aliphatic rings. The molecular formula is C24H30N6O3. The number of benzene rings is 1. The fourth-order valence-corrected chi connectivity index (χ4v) is 4.09. The van der Waals surface area contributed by atoms with Crippen LogP contribution in [0.25, 0.3) is 11.0 Å². The van der Waals surface area contributed by atoms with E-state index in [1.165, 1.54) is 0 Å². The minimum absolute atomic E-state index is 0.187. The molecule has 0 spiro atoms. The van der Waals surface area contributed by atoms with Gasteiger partial charge in [0.15, 0.2) is 5.65 Å². The molecule has 4 rings (SSSR count). The van der Waals surface area contributed by atoms with Crippen molar-refractivity contribution in [2.45, 2.75) is 45.8 Å². The number of rotatable bonds is 7. The van der Waals surface area contributed by atoms with Gasteiger partial charge in [-0.05, 0) is 51.0 Å². The highest BCUT2D eigenvalue weighted by atomic mass is 16.5. The molecule has 0 aliphatic carbocycles. The van der Waals surface area contributed by atoms with Crippen LogP contribution in [0.4, 0.5) is 5.69 Å². The molecule has 2 aromatic heterocycles. The van der Waals surface area contributed by atoms with Gasteiger partial charge in [0.1, 0.15) is 0 Å². The number of hydrogen-bond acceptors (Lipinski definition) is 6. The Labute approximate surface area is 192 Å². The monoisotopic (exact) mass is 450 g/mol. The smallest absolute Gasteiger partial charge is 0.251 e. The zero-order chi connectivity index (χ0) is 23.4.